The highest BCUT2D eigenvalue weighted by molar-refractivity contribution is 5.79. The molecule has 1 aliphatic rings. The normalized spacial score (nSPS) is 15.8. The van der Waals surface area contributed by atoms with E-state index in [0.29, 0.717) is 0 Å². The first kappa shape index (κ1) is 18.2. The molecule has 0 aliphatic carbocycles. The second kappa shape index (κ2) is 9.20. The fourth-order valence-electron chi connectivity index (χ4n) is 3.05. The van der Waals surface area contributed by atoms with Gasteiger partial charge in [0.2, 0.25) is 0 Å². The van der Waals surface area contributed by atoms with Crippen molar-refractivity contribution in [2.75, 3.05) is 33.3 Å². The number of hydrazone groups is 1. The Balaban J connectivity index is 1.45. The molecule has 1 saturated heterocycles. The summed E-state index contributed by atoms with van der Waals surface area (Å²) in [7, 11) is 1.69. The zero-order valence-electron chi connectivity index (χ0n) is 15.6. The van der Waals surface area contributed by atoms with E-state index in [2.05, 4.69) is 46.2 Å². The summed E-state index contributed by atoms with van der Waals surface area (Å²) in [6, 6.07) is 16.8. The van der Waals surface area contributed by atoms with Gasteiger partial charge in [-0.2, -0.15) is 5.10 Å². The molecule has 0 saturated carbocycles. The predicted octanol–water partition coefficient (Wildman–Crippen LogP) is 3.82. The molecule has 0 radical (unpaired) electrons. The predicted molar refractivity (Wildman–Crippen MR) is 109 cm³/mol. The van der Waals surface area contributed by atoms with E-state index in [9.17, 15) is 0 Å². The number of aryl methyl sites for hydroxylation is 1. The van der Waals surface area contributed by atoms with Gasteiger partial charge in [-0.05, 0) is 30.7 Å². The zero-order chi connectivity index (χ0) is 18.2. The second-order valence-corrected chi connectivity index (χ2v) is 6.58. The molecule has 26 heavy (non-hydrogen) atoms. The summed E-state index contributed by atoms with van der Waals surface area (Å²) < 4.78 is 5.35. The van der Waals surface area contributed by atoms with Crippen LogP contribution in [0.4, 0.5) is 0 Å². The Bertz CT molecular complexity index is 744. The van der Waals surface area contributed by atoms with Crippen molar-refractivity contribution in [2.24, 2.45) is 5.10 Å². The van der Waals surface area contributed by atoms with Gasteiger partial charge in [-0.15, -0.1) is 0 Å². The first-order chi connectivity index (χ1) is 12.7. The van der Waals surface area contributed by atoms with Crippen LogP contribution in [0.3, 0.4) is 0 Å². The Hall–Kier alpha value is -2.59. The first-order valence-corrected chi connectivity index (χ1v) is 9.11. The summed E-state index contributed by atoms with van der Waals surface area (Å²) >= 11 is 0. The van der Waals surface area contributed by atoms with Gasteiger partial charge in [0.25, 0.3) is 0 Å². The van der Waals surface area contributed by atoms with Crippen LogP contribution in [0.25, 0.3) is 6.08 Å². The van der Waals surface area contributed by atoms with Crippen molar-refractivity contribution >= 4 is 12.3 Å². The molecule has 2 aromatic rings. The lowest BCUT2D eigenvalue weighted by atomic mass is 10.1. The number of methoxy groups -OCH3 is 1. The van der Waals surface area contributed by atoms with Gasteiger partial charge in [-0.1, -0.05) is 48.0 Å². The van der Waals surface area contributed by atoms with Crippen molar-refractivity contribution < 1.29 is 4.74 Å². The average molecular weight is 349 g/mol. The number of piperazine rings is 1. The minimum atomic E-state index is 0.877. The van der Waals surface area contributed by atoms with E-state index >= 15 is 0 Å². The monoisotopic (exact) mass is 349 g/mol. The highest BCUT2D eigenvalue weighted by Crippen LogP contribution is 2.18. The van der Waals surface area contributed by atoms with Crippen LogP contribution in [0.15, 0.2) is 59.7 Å². The molecule has 136 valence electrons. The number of ether oxygens (including phenoxy) is 1. The van der Waals surface area contributed by atoms with Gasteiger partial charge in [0.15, 0.2) is 0 Å². The van der Waals surface area contributed by atoms with E-state index in [1.165, 1.54) is 11.1 Å². The van der Waals surface area contributed by atoms with E-state index in [1.807, 2.05) is 42.6 Å². The van der Waals surface area contributed by atoms with E-state index in [0.717, 1.165) is 44.0 Å². The Morgan fingerprint density at radius 3 is 2.46 bits per heavy atom. The second-order valence-electron chi connectivity index (χ2n) is 6.58. The molecular formula is C22H27N3O. The van der Waals surface area contributed by atoms with Gasteiger partial charge in [0, 0.05) is 44.5 Å². The van der Waals surface area contributed by atoms with Crippen molar-refractivity contribution in [1.82, 2.24) is 9.91 Å². The number of rotatable bonds is 6. The van der Waals surface area contributed by atoms with Crippen LogP contribution in [0.5, 0.6) is 5.75 Å². The number of benzene rings is 2. The van der Waals surface area contributed by atoms with E-state index < -0.39 is 0 Å². The molecule has 3 rings (SSSR count). The molecule has 0 amide bonds. The molecule has 0 N–H and O–H groups in total. The number of hydrogen-bond acceptors (Lipinski definition) is 4. The zero-order valence-corrected chi connectivity index (χ0v) is 15.6. The molecule has 1 fully saturated rings. The minimum Gasteiger partial charge on any atom is -0.496 e. The maximum Gasteiger partial charge on any atom is 0.126 e. The van der Waals surface area contributed by atoms with Crippen LogP contribution in [0.1, 0.15) is 16.7 Å². The molecule has 0 unspecified atom stereocenters. The Morgan fingerprint density at radius 1 is 1.00 bits per heavy atom. The summed E-state index contributed by atoms with van der Waals surface area (Å²) in [6.07, 6.45) is 5.86. The number of nitrogens with zero attached hydrogens (tertiary/aromatic N) is 3. The van der Waals surface area contributed by atoms with Crippen molar-refractivity contribution in [1.29, 1.82) is 0 Å². The number of allylic oxidation sites excluding steroid dienone is 1. The fourth-order valence-corrected chi connectivity index (χ4v) is 3.05. The number of para-hydroxylation sites is 1. The maximum atomic E-state index is 5.35. The molecule has 1 aliphatic heterocycles. The topological polar surface area (TPSA) is 28.1 Å². The van der Waals surface area contributed by atoms with Crippen LogP contribution < -0.4 is 4.74 Å². The quantitative estimate of drug-likeness (QED) is 0.742. The van der Waals surface area contributed by atoms with E-state index in [-0.39, 0.29) is 0 Å². The van der Waals surface area contributed by atoms with E-state index in [4.69, 9.17) is 4.74 Å². The summed E-state index contributed by atoms with van der Waals surface area (Å²) in [6.45, 7) is 7.16. The molecule has 4 heteroatoms. The van der Waals surface area contributed by atoms with Crippen molar-refractivity contribution in [3.05, 3.63) is 71.3 Å². The highest BCUT2D eigenvalue weighted by atomic mass is 16.5. The third kappa shape index (κ3) is 5.20. The average Bonchev–Trinajstić information content (AvgIpc) is 2.68. The lowest BCUT2D eigenvalue weighted by Gasteiger charge is -2.33. The number of hydrogen-bond donors (Lipinski definition) is 0. The Labute approximate surface area is 156 Å². The van der Waals surface area contributed by atoms with Gasteiger partial charge in [-0.3, -0.25) is 9.91 Å². The Morgan fingerprint density at radius 2 is 1.73 bits per heavy atom. The van der Waals surface area contributed by atoms with Gasteiger partial charge in [0.1, 0.15) is 5.75 Å². The largest absolute Gasteiger partial charge is 0.496 e. The summed E-state index contributed by atoms with van der Waals surface area (Å²) in [5.41, 5.74) is 3.76. The molecule has 1 heterocycles. The first-order valence-electron chi connectivity index (χ1n) is 9.11. The summed E-state index contributed by atoms with van der Waals surface area (Å²) in [4.78, 5) is 2.49. The van der Waals surface area contributed by atoms with Crippen LogP contribution in [-0.4, -0.2) is 49.4 Å². The maximum absolute atomic E-state index is 5.35. The summed E-state index contributed by atoms with van der Waals surface area (Å²) in [5, 5.41) is 6.70. The van der Waals surface area contributed by atoms with Crippen molar-refractivity contribution in [2.45, 2.75) is 13.5 Å². The van der Waals surface area contributed by atoms with Gasteiger partial charge < -0.3 is 4.74 Å². The van der Waals surface area contributed by atoms with Gasteiger partial charge in [0.05, 0.1) is 7.11 Å². The van der Waals surface area contributed by atoms with Gasteiger partial charge >= 0.3 is 0 Å². The third-order valence-corrected chi connectivity index (χ3v) is 4.61. The van der Waals surface area contributed by atoms with Gasteiger partial charge in [-0.25, -0.2) is 0 Å². The highest BCUT2D eigenvalue weighted by Gasteiger charge is 2.15. The molecule has 0 aromatic heterocycles. The molecule has 0 spiro atoms. The van der Waals surface area contributed by atoms with Crippen LogP contribution in [0, 0.1) is 6.92 Å². The van der Waals surface area contributed by atoms with Crippen LogP contribution in [0.2, 0.25) is 0 Å². The molecule has 0 bridgehead atoms. The molecule has 4 nitrogen and oxygen atoms in total. The minimum absolute atomic E-state index is 0.877. The summed E-state index contributed by atoms with van der Waals surface area (Å²) in [5.74, 6) is 0.877. The lowest BCUT2D eigenvalue weighted by molar-refractivity contribution is 0.131. The van der Waals surface area contributed by atoms with Crippen LogP contribution in [-0.2, 0) is 6.54 Å². The molecule has 2 aromatic carbocycles. The van der Waals surface area contributed by atoms with Crippen molar-refractivity contribution in [3.63, 3.8) is 0 Å². The smallest absolute Gasteiger partial charge is 0.126 e. The molecule has 0 atom stereocenters. The third-order valence-electron chi connectivity index (χ3n) is 4.61. The van der Waals surface area contributed by atoms with Crippen molar-refractivity contribution in [3.8, 4) is 5.75 Å². The lowest BCUT2D eigenvalue weighted by Crippen LogP contribution is -2.43. The SMILES string of the molecule is COc1ccccc1C=CC=NN1CCN(Cc2ccc(C)cc2)CC1. The van der Waals surface area contributed by atoms with Crippen LogP contribution >= 0.6 is 0 Å². The fraction of sp³-hybridized carbons (Fsp3) is 0.318. The Kier molecular flexibility index (Phi) is 6.45. The van der Waals surface area contributed by atoms with E-state index in [1.54, 1.807) is 7.11 Å². The molecular weight excluding hydrogens is 322 g/mol. The standard InChI is InChI=1S/C22H27N3O/c1-19-9-11-20(12-10-19)18-24-14-16-25(17-15-24)23-13-5-7-21-6-3-4-8-22(21)26-2/h3-13H,14-18H2,1-2H3.